The van der Waals surface area contributed by atoms with Crippen molar-refractivity contribution in [1.82, 2.24) is 15.5 Å². The minimum Gasteiger partial charge on any atom is -0.339 e. The van der Waals surface area contributed by atoms with Gasteiger partial charge in [0.25, 0.3) is 5.69 Å². The second-order valence-electron chi connectivity index (χ2n) is 5.22. The molecule has 0 spiro atoms. The molecule has 0 bridgehead atoms. The predicted molar refractivity (Wildman–Crippen MR) is 75.7 cm³/mol. The van der Waals surface area contributed by atoms with Crippen molar-refractivity contribution in [1.29, 1.82) is 0 Å². The third kappa shape index (κ3) is 3.25. The highest BCUT2D eigenvalue weighted by molar-refractivity contribution is 5.58. The minimum absolute atomic E-state index is 0.0240. The van der Waals surface area contributed by atoms with Gasteiger partial charge >= 0.3 is 0 Å². The summed E-state index contributed by atoms with van der Waals surface area (Å²) in [5.41, 5.74) is 0.623. The van der Waals surface area contributed by atoms with Crippen molar-refractivity contribution in [3.8, 4) is 11.4 Å². The first-order chi connectivity index (χ1) is 10.2. The number of nitrogens with zero attached hydrogens (tertiary/aromatic N) is 3. The quantitative estimate of drug-likeness (QED) is 0.669. The van der Waals surface area contributed by atoms with Gasteiger partial charge in [-0.15, -0.1) is 0 Å². The fourth-order valence-corrected chi connectivity index (χ4v) is 2.52. The summed E-state index contributed by atoms with van der Waals surface area (Å²) in [6.45, 7) is 2.12. The van der Waals surface area contributed by atoms with E-state index in [4.69, 9.17) is 4.52 Å². The Balaban J connectivity index is 1.69. The van der Waals surface area contributed by atoms with E-state index < -0.39 is 4.92 Å². The van der Waals surface area contributed by atoms with Gasteiger partial charge in [0.05, 0.1) is 4.92 Å². The molecule has 21 heavy (non-hydrogen) atoms. The fraction of sp³-hybridized carbons (Fsp3) is 0.429. The summed E-state index contributed by atoms with van der Waals surface area (Å²) in [6, 6.07) is 6.25. The lowest BCUT2D eigenvalue weighted by atomic mass is 10.0. The van der Waals surface area contributed by atoms with Gasteiger partial charge in [-0.1, -0.05) is 17.3 Å². The van der Waals surface area contributed by atoms with Gasteiger partial charge in [0, 0.05) is 24.1 Å². The van der Waals surface area contributed by atoms with Crippen molar-refractivity contribution in [2.45, 2.75) is 19.3 Å². The zero-order chi connectivity index (χ0) is 14.7. The molecule has 1 aliphatic rings. The molecule has 0 saturated carbocycles. The van der Waals surface area contributed by atoms with E-state index in [-0.39, 0.29) is 5.69 Å². The number of nitro benzene ring substituents is 1. The van der Waals surface area contributed by atoms with Crippen molar-refractivity contribution in [3.63, 3.8) is 0 Å². The Kier molecular flexibility index (Phi) is 3.92. The van der Waals surface area contributed by atoms with Crippen LogP contribution in [0.5, 0.6) is 0 Å². The van der Waals surface area contributed by atoms with E-state index in [1.54, 1.807) is 12.1 Å². The molecule has 1 aromatic heterocycles. The van der Waals surface area contributed by atoms with Gasteiger partial charge < -0.3 is 9.84 Å². The number of nitrogens with one attached hydrogen (secondary N) is 1. The van der Waals surface area contributed by atoms with Crippen LogP contribution in [0.15, 0.2) is 28.8 Å². The van der Waals surface area contributed by atoms with Gasteiger partial charge in [-0.3, -0.25) is 10.1 Å². The molecule has 0 aliphatic carbocycles. The van der Waals surface area contributed by atoms with Crippen LogP contribution < -0.4 is 5.32 Å². The lowest BCUT2D eigenvalue weighted by Gasteiger charge is -2.03. The Morgan fingerprint density at radius 3 is 3.14 bits per heavy atom. The van der Waals surface area contributed by atoms with Crippen LogP contribution in [0.4, 0.5) is 5.69 Å². The number of aryl methyl sites for hydroxylation is 1. The van der Waals surface area contributed by atoms with Gasteiger partial charge in [0.1, 0.15) is 0 Å². The lowest BCUT2D eigenvalue weighted by molar-refractivity contribution is -0.384. The Morgan fingerprint density at radius 1 is 1.48 bits per heavy atom. The molecule has 0 radical (unpaired) electrons. The molecule has 0 amide bonds. The van der Waals surface area contributed by atoms with Crippen LogP contribution in [-0.2, 0) is 6.42 Å². The minimum atomic E-state index is -0.433. The summed E-state index contributed by atoms with van der Waals surface area (Å²) < 4.78 is 5.23. The Bertz CT molecular complexity index is 635. The molecule has 7 nitrogen and oxygen atoms in total. The molecule has 7 heteroatoms. The number of benzene rings is 1. The summed E-state index contributed by atoms with van der Waals surface area (Å²) in [6.07, 6.45) is 2.95. The summed E-state index contributed by atoms with van der Waals surface area (Å²) in [7, 11) is 0. The summed E-state index contributed by atoms with van der Waals surface area (Å²) in [4.78, 5) is 14.7. The molecule has 2 heterocycles. The second-order valence-corrected chi connectivity index (χ2v) is 5.22. The van der Waals surface area contributed by atoms with Gasteiger partial charge in [-0.2, -0.15) is 4.98 Å². The number of hydrogen-bond acceptors (Lipinski definition) is 6. The van der Waals surface area contributed by atoms with E-state index >= 15 is 0 Å². The maximum atomic E-state index is 10.8. The summed E-state index contributed by atoms with van der Waals surface area (Å²) in [5, 5.41) is 18.0. The third-order valence-electron chi connectivity index (χ3n) is 3.71. The van der Waals surface area contributed by atoms with Gasteiger partial charge in [-0.25, -0.2) is 0 Å². The van der Waals surface area contributed by atoms with Crippen LogP contribution in [0.1, 0.15) is 18.7 Å². The lowest BCUT2D eigenvalue weighted by Crippen LogP contribution is -2.09. The first-order valence-corrected chi connectivity index (χ1v) is 7.00. The molecular weight excluding hydrogens is 272 g/mol. The van der Waals surface area contributed by atoms with Crippen LogP contribution in [-0.4, -0.2) is 28.2 Å². The van der Waals surface area contributed by atoms with Crippen LogP contribution >= 0.6 is 0 Å². The van der Waals surface area contributed by atoms with Crippen molar-refractivity contribution in [3.05, 3.63) is 40.3 Å². The summed E-state index contributed by atoms with van der Waals surface area (Å²) in [5.74, 6) is 1.65. The zero-order valence-electron chi connectivity index (χ0n) is 11.5. The van der Waals surface area contributed by atoms with Gasteiger partial charge in [0.2, 0.25) is 11.7 Å². The molecular formula is C14H16N4O3. The van der Waals surface area contributed by atoms with E-state index in [0.717, 1.165) is 25.9 Å². The highest BCUT2D eigenvalue weighted by Gasteiger charge is 2.17. The fourth-order valence-electron chi connectivity index (χ4n) is 2.52. The number of rotatable bonds is 5. The van der Waals surface area contributed by atoms with E-state index in [9.17, 15) is 10.1 Å². The van der Waals surface area contributed by atoms with E-state index in [1.807, 2.05) is 0 Å². The number of hydrogen-bond donors (Lipinski definition) is 1. The summed E-state index contributed by atoms with van der Waals surface area (Å²) >= 11 is 0. The molecule has 1 saturated heterocycles. The van der Waals surface area contributed by atoms with Crippen LogP contribution in [0.2, 0.25) is 0 Å². The number of non-ortho nitro benzene ring substituents is 1. The number of nitro groups is 1. The highest BCUT2D eigenvalue weighted by Crippen LogP contribution is 2.22. The molecule has 1 fully saturated rings. The first-order valence-electron chi connectivity index (χ1n) is 7.00. The van der Waals surface area contributed by atoms with Crippen molar-refractivity contribution in [2.75, 3.05) is 13.1 Å². The third-order valence-corrected chi connectivity index (χ3v) is 3.71. The van der Waals surface area contributed by atoms with E-state index in [2.05, 4.69) is 15.5 Å². The van der Waals surface area contributed by atoms with E-state index in [1.165, 1.54) is 18.6 Å². The molecule has 3 rings (SSSR count). The van der Waals surface area contributed by atoms with Crippen LogP contribution in [0.3, 0.4) is 0 Å². The molecule has 1 atom stereocenters. The van der Waals surface area contributed by atoms with Crippen molar-refractivity contribution >= 4 is 5.69 Å². The van der Waals surface area contributed by atoms with Crippen LogP contribution in [0.25, 0.3) is 11.4 Å². The molecule has 110 valence electrons. The Hall–Kier alpha value is -2.28. The van der Waals surface area contributed by atoms with E-state index in [0.29, 0.717) is 23.2 Å². The monoisotopic (exact) mass is 288 g/mol. The van der Waals surface area contributed by atoms with Crippen molar-refractivity contribution in [2.24, 2.45) is 5.92 Å². The SMILES string of the molecule is O=[N+]([O-])c1cccc(-c2noc(CCC3CCNC3)n2)c1. The average molecular weight is 288 g/mol. The molecule has 1 aromatic carbocycles. The number of aromatic nitrogens is 2. The predicted octanol–water partition coefficient (Wildman–Crippen LogP) is 2.19. The zero-order valence-corrected chi connectivity index (χ0v) is 11.5. The average Bonchev–Trinajstić information content (AvgIpc) is 3.17. The van der Waals surface area contributed by atoms with Gasteiger partial charge in [0.15, 0.2) is 0 Å². The Labute approximate surface area is 121 Å². The highest BCUT2D eigenvalue weighted by atomic mass is 16.6. The maximum absolute atomic E-state index is 10.8. The molecule has 1 aliphatic heterocycles. The topological polar surface area (TPSA) is 94.1 Å². The smallest absolute Gasteiger partial charge is 0.270 e. The Morgan fingerprint density at radius 2 is 2.38 bits per heavy atom. The second kappa shape index (κ2) is 6.01. The van der Waals surface area contributed by atoms with Crippen LogP contribution in [0, 0.1) is 16.0 Å². The van der Waals surface area contributed by atoms with Crippen molar-refractivity contribution < 1.29 is 9.45 Å². The standard InChI is InChI=1S/C14H16N4O3/c19-18(20)12-3-1-2-11(8-12)14-16-13(21-17-14)5-4-10-6-7-15-9-10/h1-3,8,10,15H,4-7,9H2. The maximum Gasteiger partial charge on any atom is 0.270 e. The first kappa shape index (κ1) is 13.7. The van der Waals surface area contributed by atoms with Gasteiger partial charge in [-0.05, 0) is 31.8 Å². The largest absolute Gasteiger partial charge is 0.339 e. The normalized spacial score (nSPS) is 18.0. The molecule has 2 aromatic rings. The molecule has 1 N–H and O–H groups in total. The molecule has 1 unspecified atom stereocenters.